The highest BCUT2D eigenvalue weighted by Gasteiger charge is 2.43. The van der Waals surface area contributed by atoms with Gasteiger partial charge in [-0.3, -0.25) is 9.59 Å². The van der Waals surface area contributed by atoms with Crippen LogP contribution in [0.25, 0.3) is 0 Å². The summed E-state index contributed by atoms with van der Waals surface area (Å²) in [5.41, 5.74) is 0.549. The molecule has 2 aliphatic heterocycles. The summed E-state index contributed by atoms with van der Waals surface area (Å²) in [7, 11) is 1.84. The minimum absolute atomic E-state index is 0.0355. The van der Waals surface area contributed by atoms with Gasteiger partial charge in [-0.2, -0.15) is 5.10 Å². The van der Waals surface area contributed by atoms with E-state index >= 15 is 0 Å². The molecule has 1 N–H and O–H groups in total. The van der Waals surface area contributed by atoms with E-state index in [0.717, 1.165) is 17.7 Å². The van der Waals surface area contributed by atoms with E-state index in [1.807, 2.05) is 38.2 Å². The quantitative estimate of drug-likeness (QED) is 0.855. The van der Waals surface area contributed by atoms with Crippen molar-refractivity contribution in [2.75, 3.05) is 13.6 Å². The minimum Gasteiger partial charge on any atom is -0.487 e. The van der Waals surface area contributed by atoms with Crippen LogP contribution in [0.1, 0.15) is 56.7 Å². The zero-order valence-electron chi connectivity index (χ0n) is 16.9. The molecule has 3 heterocycles. The Morgan fingerprint density at radius 3 is 3.00 bits per heavy atom. The first-order valence-corrected chi connectivity index (χ1v) is 10.1. The van der Waals surface area contributed by atoms with Crippen molar-refractivity contribution in [1.82, 2.24) is 25.0 Å². The lowest BCUT2D eigenvalue weighted by molar-refractivity contribution is -0.129. The summed E-state index contributed by atoms with van der Waals surface area (Å²) in [5.74, 6) is 0.906. The van der Waals surface area contributed by atoms with Crippen LogP contribution in [0.4, 0.5) is 0 Å². The summed E-state index contributed by atoms with van der Waals surface area (Å²) in [4.78, 5) is 30.7. The number of fused-ring (bicyclic) bond motifs is 1. The summed E-state index contributed by atoms with van der Waals surface area (Å²) >= 11 is 0. The van der Waals surface area contributed by atoms with Crippen molar-refractivity contribution in [3.63, 3.8) is 0 Å². The molecule has 1 spiro atoms. The zero-order valence-corrected chi connectivity index (χ0v) is 16.9. The molecule has 1 fully saturated rings. The van der Waals surface area contributed by atoms with Crippen molar-refractivity contribution in [2.45, 2.75) is 56.7 Å². The number of ether oxygens (including phenoxy) is 1. The average Bonchev–Trinajstić information content (AvgIpc) is 3.21. The van der Waals surface area contributed by atoms with Crippen molar-refractivity contribution in [3.05, 3.63) is 42.5 Å². The first-order valence-electron chi connectivity index (χ1n) is 10.1. The largest absolute Gasteiger partial charge is 0.487 e. The van der Waals surface area contributed by atoms with Crippen molar-refractivity contribution in [3.8, 4) is 5.75 Å². The van der Waals surface area contributed by atoms with Gasteiger partial charge in [-0.1, -0.05) is 18.2 Å². The first kappa shape index (κ1) is 19.4. The SMILES string of the molecule is C[C@H](CC(=O)N[C@H]1C[C@]2(CCC(=O)N(C)CC2)Oc2ccccc21)n1cncn1. The Labute approximate surface area is 170 Å². The third-order valence-electron chi connectivity index (χ3n) is 6.02. The molecule has 3 atom stereocenters. The molecule has 1 saturated heterocycles. The Kier molecular flexibility index (Phi) is 5.25. The lowest BCUT2D eigenvalue weighted by Gasteiger charge is -2.42. The zero-order chi connectivity index (χ0) is 20.4. The molecule has 2 amide bonds. The first-order chi connectivity index (χ1) is 14.0. The van der Waals surface area contributed by atoms with E-state index in [0.29, 0.717) is 32.2 Å². The molecule has 0 bridgehead atoms. The number of hydrogen-bond acceptors (Lipinski definition) is 5. The van der Waals surface area contributed by atoms with Crippen LogP contribution in [-0.4, -0.2) is 50.7 Å². The highest BCUT2D eigenvalue weighted by atomic mass is 16.5. The Hall–Kier alpha value is -2.90. The third-order valence-corrected chi connectivity index (χ3v) is 6.02. The summed E-state index contributed by atoms with van der Waals surface area (Å²) in [5, 5.41) is 7.32. The molecule has 0 saturated carbocycles. The van der Waals surface area contributed by atoms with Crippen molar-refractivity contribution in [2.24, 2.45) is 0 Å². The summed E-state index contributed by atoms with van der Waals surface area (Å²) < 4.78 is 8.12. The van der Waals surface area contributed by atoms with Gasteiger partial charge in [0.1, 0.15) is 24.0 Å². The van der Waals surface area contributed by atoms with Gasteiger partial charge in [0.2, 0.25) is 11.8 Å². The van der Waals surface area contributed by atoms with E-state index in [1.54, 1.807) is 15.9 Å². The molecule has 8 nitrogen and oxygen atoms in total. The van der Waals surface area contributed by atoms with Crippen molar-refractivity contribution < 1.29 is 14.3 Å². The summed E-state index contributed by atoms with van der Waals surface area (Å²) in [6.07, 6.45) is 5.94. The van der Waals surface area contributed by atoms with E-state index in [9.17, 15) is 9.59 Å². The summed E-state index contributed by atoms with van der Waals surface area (Å²) in [6.45, 7) is 2.60. The number of likely N-dealkylation sites (tertiary alicyclic amines) is 1. The van der Waals surface area contributed by atoms with E-state index in [-0.39, 0.29) is 23.9 Å². The van der Waals surface area contributed by atoms with Gasteiger partial charge in [0.25, 0.3) is 0 Å². The molecule has 154 valence electrons. The number of rotatable bonds is 4. The lowest BCUT2D eigenvalue weighted by Crippen LogP contribution is -2.46. The topological polar surface area (TPSA) is 89.4 Å². The van der Waals surface area contributed by atoms with Crippen LogP contribution in [0.5, 0.6) is 5.75 Å². The smallest absolute Gasteiger partial charge is 0.222 e. The predicted molar refractivity (Wildman–Crippen MR) is 106 cm³/mol. The molecule has 0 radical (unpaired) electrons. The minimum atomic E-state index is -0.440. The lowest BCUT2D eigenvalue weighted by atomic mass is 9.82. The number of para-hydroxylation sites is 1. The summed E-state index contributed by atoms with van der Waals surface area (Å²) in [6, 6.07) is 7.63. The number of nitrogens with zero attached hydrogens (tertiary/aromatic N) is 4. The Balaban J connectivity index is 1.52. The van der Waals surface area contributed by atoms with Gasteiger partial charge < -0.3 is 15.0 Å². The number of carbonyl (C=O) groups is 2. The standard InChI is InChI=1S/C21H27N5O3/c1-15(26-14-22-13-23-26)11-19(27)24-17-12-21(8-7-20(28)25(2)10-9-21)29-18-6-4-3-5-16(17)18/h3-6,13-15,17H,7-12H2,1-2H3,(H,24,27)/t15-,17+,21-/m1/s1. The number of carbonyl (C=O) groups excluding carboxylic acids is 2. The van der Waals surface area contributed by atoms with Crippen molar-refractivity contribution in [1.29, 1.82) is 0 Å². The highest BCUT2D eigenvalue weighted by Crippen LogP contribution is 2.44. The van der Waals surface area contributed by atoms with Gasteiger partial charge >= 0.3 is 0 Å². The third kappa shape index (κ3) is 4.11. The molecule has 2 aromatic rings. The number of benzene rings is 1. The van der Waals surface area contributed by atoms with Crippen LogP contribution in [-0.2, 0) is 9.59 Å². The predicted octanol–water partition coefficient (Wildman–Crippen LogP) is 2.25. The van der Waals surface area contributed by atoms with Gasteiger partial charge in [-0.25, -0.2) is 9.67 Å². The van der Waals surface area contributed by atoms with Gasteiger partial charge in [-0.15, -0.1) is 0 Å². The fourth-order valence-corrected chi connectivity index (χ4v) is 4.26. The van der Waals surface area contributed by atoms with Crippen LogP contribution in [0.3, 0.4) is 0 Å². The van der Waals surface area contributed by atoms with Crippen LogP contribution in [0.15, 0.2) is 36.9 Å². The maximum Gasteiger partial charge on any atom is 0.222 e. The number of amides is 2. The van der Waals surface area contributed by atoms with Gasteiger partial charge in [0.05, 0.1) is 12.1 Å². The molecular weight excluding hydrogens is 370 g/mol. The van der Waals surface area contributed by atoms with Crippen LogP contribution in [0.2, 0.25) is 0 Å². The second-order valence-corrected chi connectivity index (χ2v) is 8.14. The second-order valence-electron chi connectivity index (χ2n) is 8.14. The molecule has 4 rings (SSSR count). The number of aromatic nitrogens is 3. The monoisotopic (exact) mass is 397 g/mol. The fourth-order valence-electron chi connectivity index (χ4n) is 4.26. The molecule has 8 heteroatoms. The highest BCUT2D eigenvalue weighted by molar-refractivity contribution is 5.77. The van der Waals surface area contributed by atoms with Gasteiger partial charge in [0.15, 0.2) is 0 Å². The molecule has 1 aromatic carbocycles. The van der Waals surface area contributed by atoms with Gasteiger partial charge in [-0.05, 0) is 19.4 Å². The van der Waals surface area contributed by atoms with Crippen LogP contribution in [0, 0.1) is 0 Å². The molecule has 1 aromatic heterocycles. The molecule has 0 unspecified atom stereocenters. The molecule has 29 heavy (non-hydrogen) atoms. The van der Waals surface area contributed by atoms with E-state index in [2.05, 4.69) is 15.4 Å². The van der Waals surface area contributed by atoms with E-state index in [4.69, 9.17) is 4.74 Å². The normalized spacial score (nSPS) is 25.1. The molecule has 2 aliphatic rings. The van der Waals surface area contributed by atoms with Crippen molar-refractivity contribution >= 4 is 11.8 Å². The Morgan fingerprint density at radius 1 is 1.38 bits per heavy atom. The maximum absolute atomic E-state index is 12.8. The van der Waals surface area contributed by atoms with E-state index < -0.39 is 5.60 Å². The fraction of sp³-hybridized carbons (Fsp3) is 0.524. The van der Waals surface area contributed by atoms with Crippen LogP contribution < -0.4 is 10.1 Å². The Bertz CT molecular complexity index is 884. The van der Waals surface area contributed by atoms with Crippen LogP contribution >= 0.6 is 0 Å². The number of nitrogens with one attached hydrogen (secondary N) is 1. The molecular formula is C21H27N5O3. The Morgan fingerprint density at radius 2 is 2.21 bits per heavy atom. The number of hydrogen-bond donors (Lipinski definition) is 1. The van der Waals surface area contributed by atoms with E-state index in [1.165, 1.54) is 6.33 Å². The second kappa shape index (κ2) is 7.85. The average molecular weight is 397 g/mol. The maximum atomic E-state index is 12.8. The molecule has 0 aliphatic carbocycles. The van der Waals surface area contributed by atoms with Gasteiger partial charge in [0, 0.05) is 44.8 Å².